The minimum atomic E-state index is -1.07. The van der Waals surface area contributed by atoms with E-state index >= 15 is 0 Å². The molecule has 0 rings (SSSR count). The SMILES string of the molecule is C=C(CO[C@@H](C)/C=N/O)C[Si](C)(C)C. The molecule has 0 bridgehead atoms. The van der Waals surface area contributed by atoms with Crippen molar-refractivity contribution in [3.63, 3.8) is 0 Å². The van der Waals surface area contributed by atoms with Gasteiger partial charge in [-0.1, -0.05) is 36.9 Å². The molecule has 0 aliphatic carbocycles. The summed E-state index contributed by atoms with van der Waals surface area (Å²) in [4.78, 5) is 0. The Morgan fingerprint density at radius 2 is 2.14 bits per heavy atom. The summed E-state index contributed by atoms with van der Waals surface area (Å²) in [6, 6.07) is 1.08. The van der Waals surface area contributed by atoms with Crippen molar-refractivity contribution >= 4 is 14.3 Å². The van der Waals surface area contributed by atoms with E-state index in [4.69, 9.17) is 9.94 Å². The Labute approximate surface area is 87.5 Å². The quantitative estimate of drug-likeness (QED) is 0.243. The van der Waals surface area contributed by atoms with Crippen LogP contribution >= 0.6 is 0 Å². The highest BCUT2D eigenvalue weighted by molar-refractivity contribution is 6.76. The Bertz CT molecular complexity index is 209. The van der Waals surface area contributed by atoms with E-state index in [9.17, 15) is 0 Å². The molecule has 1 atom stereocenters. The highest BCUT2D eigenvalue weighted by Crippen LogP contribution is 2.15. The molecule has 82 valence electrons. The van der Waals surface area contributed by atoms with Crippen LogP contribution in [0.2, 0.25) is 25.7 Å². The molecule has 0 aromatic heterocycles. The summed E-state index contributed by atoms with van der Waals surface area (Å²) in [6.07, 6.45) is 1.21. The molecule has 0 fully saturated rings. The molecule has 4 heteroatoms. The molecule has 0 aromatic carbocycles. The van der Waals surface area contributed by atoms with Gasteiger partial charge in [0.15, 0.2) is 0 Å². The van der Waals surface area contributed by atoms with Gasteiger partial charge in [0.2, 0.25) is 0 Å². The van der Waals surface area contributed by atoms with E-state index in [2.05, 4.69) is 31.4 Å². The van der Waals surface area contributed by atoms with E-state index in [0.29, 0.717) is 6.61 Å². The number of oxime groups is 1. The maximum Gasteiger partial charge on any atom is 0.0935 e. The molecule has 3 nitrogen and oxygen atoms in total. The summed E-state index contributed by atoms with van der Waals surface area (Å²) >= 11 is 0. The van der Waals surface area contributed by atoms with Crippen LogP contribution in [0.5, 0.6) is 0 Å². The van der Waals surface area contributed by atoms with Crippen molar-refractivity contribution in [1.82, 2.24) is 0 Å². The van der Waals surface area contributed by atoms with Crippen molar-refractivity contribution < 1.29 is 9.94 Å². The Hall–Kier alpha value is -0.613. The Morgan fingerprint density at radius 3 is 2.57 bits per heavy atom. The summed E-state index contributed by atoms with van der Waals surface area (Å²) in [6.45, 7) is 13.3. The largest absolute Gasteiger partial charge is 0.411 e. The Morgan fingerprint density at radius 1 is 1.57 bits per heavy atom. The van der Waals surface area contributed by atoms with Crippen LogP contribution in [-0.2, 0) is 4.74 Å². The second-order valence-corrected chi connectivity index (χ2v) is 10.2. The zero-order valence-electron chi connectivity index (χ0n) is 9.58. The van der Waals surface area contributed by atoms with Gasteiger partial charge in [-0.3, -0.25) is 0 Å². The van der Waals surface area contributed by atoms with E-state index < -0.39 is 8.07 Å². The van der Waals surface area contributed by atoms with Crippen LogP contribution in [0.15, 0.2) is 17.3 Å². The first kappa shape index (κ1) is 13.4. The fourth-order valence-electron chi connectivity index (χ4n) is 1.19. The molecule has 14 heavy (non-hydrogen) atoms. The summed E-state index contributed by atoms with van der Waals surface area (Å²) in [5.41, 5.74) is 1.13. The third-order valence-electron chi connectivity index (χ3n) is 1.61. The molecule has 0 radical (unpaired) electrons. The summed E-state index contributed by atoms with van der Waals surface area (Å²) in [5.74, 6) is 0. The van der Waals surface area contributed by atoms with Gasteiger partial charge in [-0.2, -0.15) is 0 Å². The lowest BCUT2D eigenvalue weighted by Crippen LogP contribution is -2.22. The lowest BCUT2D eigenvalue weighted by Gasteiger charge is -2.18. The standard InChI is InChI=1S/C10H21NO2Si/c1-9(8-14(3,4)5)7-13-10(2)6-11-12/h6,10,12H,1,7-8H2,2-5H3/b11-6+/t10-/m0/s1. The number of hydrogen-bond acceptors (Lipinski definition) is 3. The van der Waals surface area contributed by atoms with Crippen molar-refractivity contribution in [1.29, 1.82) is 0 Å². The molecule has 0 saturated heterocycles. The first-order valence-corrected chi connectivity index (χ1v) is 8.51. The van der Waals surface area contributed by atoms with Crippen molar-refractivity contribution in [3.05, 3.63) is 12.2 Å². The molecule has 1 N–H and O–H groups in total. The maximum atomic E-state index is 8.26. The average Bonchev–Trinajstić information content (AvgIpc) is 1.98. The minimum absolute atomic E-state index is 0.154. The van der Waals surface area contributed by atoms with Gasteiger partial charge in [-0.15, -0.1) is 0 Å². The zero-order valence-corrected chi connectivity index (χ0v) is 10.6. The fraction of sp³-hybridized carbons (Fsp3) is 0.700. The van der Waals surface area contributed by atoms with Gasteiger partial charge in [0.05, 0.1) is 18.9 Å². The van der Waals surface area contributed by atoms with Crippen LogP contribution in [-0.4, -0.2) is 32.2 Å². The van der Waals surface area contributed by atoms with Crippen LogP contribution < -0.4 is 0 Å². The first-order valence-electron chi connectivity index (χ1n) is 4.81. The Kier molecular flexibility index (Phi) is 5.72. The third kappa shape index (κ3) is 8.01. The van der Waals surface area contributed by atoms with E-state index in [1.807, 2.05) is 6.92 Å². The molecule has 0 amide bonds. The van der Waals surface area contributed by atoms with Gasteiger partial charge in [0.1, 0.15) is 0 Å². The lowest BCUT2D eigenvalue weighted by atomic mass is 10.3. The molecule has 0 aliphatic rings. The molecular formula is C10H21NO2Si. The average molecular weight is 215 g/mol. The monoisotopic (exact) mass is 215 g/mol. The lowest BCUT2D eigenvalue weighted by molar-refractivity contribution is 0.131. The third-order valence-corrected chi connectivity index (χ3v) is 3.17. The van der Waals surface area contributed by atoms with Crippen LogP contribution in [0.4, 0.5) is 0 Å². The molecule has 0 unspecified atom stereocenters. The van der Waals surface area contributed by atoms with Gasteiger partial charge in [0, 0.05) is 8.07 Å². The zero-order chi connectivity index (χ0) is 11.2. The maximum absolute atomic E-state index is 8.26. The van der Waals surface area contributed by atoms with Crippen molar-refractivity contribution in [2.45, 2.75) is 38.7 Å². The smallest absolute Gasteiger partial charge is 0.0935 e. The van der Waals surface area contributed by atoms with E-state index in [-0.39, 0.29) is 6.10 Å². The second kappa shape index (κ2) is 5.98. The predicted molar refractivity (Wildman–Crippen MR) is 63.0 cm³/mol. The van der Waals surface area contributed by atoms with Crippen molar-refractivity contribution in [2.24, 2.45) is 5.16 Å². The summed E-state index contributed by atoms with van der Waals surface area (Å²) < 4.78 is 5.40. The second-order valence-electron chi connectivity index (χ2n) is 4.77. The summed E-state index contributed by atoms with van der Waals surface area (Å²) in [7, 11) is -1.07. The van der Waals surface area contributed by atoms with Gasteiger partial charge in [0.25, 0.3) is 0 Å². The molecule has 0 aromatic rings. The van der Waals surface area contributed by atoms with Crippen molar-refractivity contribution in [3.8, 4) is 0 Å². The van der Waals surface area contributed by atoms with Crippen LogP contribution in [0.3, 0.4) is 0 Å². The van der Waals surface area contributed by atoms with Crippen LogP contribution in [0.1, 0.15) is 6.92 Å². The van der Waals surface area contributed by atoms with E-state index in [1.165, 1.54) is 6.21 Å². The fourth-order valence-corrected chi connectivity index (χ4v) is 2.79. The highest BCUT2D eigenvalue weighted by atomic mass is 28.3. The van der Waals surface area contributed by atoms with Gasteiger partial charge >= 0.3 is 0 Å². The number of rotatable bonds is 6. The molecule has 0 aliphatic heterocycles. The molecule has 0 saturated carbocycles. The van der Waals surface area contributed by atoms with Crippen LogP contribution in [0.25, 0.3) is 0 Å². The Balaban J connectivity index is 3.75. The number of hydrogen-bond donors (Lipinski definition) is 1. The topological polar surface area (TPSA) is 41.8 Å². The van der Waals surface area contributed by atoms with Crippen molar-refractivity contribution in [2.75, 3.05) is 6.61 Å². The van der Waals surface area contributed by atoms with Gasteiger partial charge in [-0.05, 0) is 13.0 Å². The molecule has 0 spiro atoms. The minimum Gasteiger partial charge on any atom is -0.411 e. The number of nitrogens with zero attached hydrogens (tertiary/aromatic N) is 1. The van der Waals surface area contributed by atoms with E-state index in [1.54, 1.807) is 0 Å². The normalized spacial score (nSPS) is 14.6. The predicted octanol–water partition coefficient (Wildman–Crippen LogP) is 2.75. The summed E-state index contributed by atoms with van der Waals surface area (Å²) in [5, 5.41) is 11.2. The highest BCUT2D eigenvalue weighted by Gasteiger charge is 2.14. The molecule has 0 heterocycles. The van der Waals surface area contributed by atoms with Crippen LogP contribution in [0, 0.1) is 0 Å². The molecular weight excluding hydrogens is 194 g/mol. The van der Waals surface area contributed by atoms with Gasteiger partial charge in [-0.25, -0.2) is 0 Å². The van der Waals surface area contributed by atoms with Gasteiger partial charge < -0.3 is 9.94 Å². The number of ether oxygens (including phenoxy) is 1. The van der Waals surface area contributed by atoms with E-state index in [0.717, 1.165) is 11.6 Å². The first-order chi connectivity index (χ1) is 6.35.